The molecule has 1 aliphatic heterocycles. The van der Waals surface area contributed by atoms with E-state index < -0.39 is 21.7 Å². The first-order chi connectivity index (χ1) is 14.1. The van der Waals surface area contributed by atoms with E-state index in [0.29, 0.717) is 23.0 Å². The quantitative estimate of drug-likeness (QED) is 0.583. The normalized spacial score (nSPS) is 15.0. The van der Waals surface area contributed by atoms with Crippen molar-refractivity contribution >= 4 is 33.4 Å². The van der Waals surface area contributed by atoms with Gasteiger partial charge in [-0.15, -0.1) is 0 Å². The largest absolute Gasteiger partial charge is 0.438 e. The van der Waals surface area contributed by atoms with Gasteiger partial charge in [-0.2, -0.15) is 0 Å². The molecule has 0 saturated carbocycles. The van der Waals surface area contributed by atoms with Gasteiger partial charge >= 0.3 is 6.09 Å². The van der Waals surface area contributed by atoms with E-state index in [1.165, 1.54) is 12.1 Å². The number of carbonyl (C=O) groups is 1. The number of sulfonamides is 1. The number of hydrogen-bond acceptors (Lipinski definition) is 7. The molecule has 1 aliphatic rings. The summed E-state index contributed by atoms with van der Waals surface area (Å²) in [5, 5.41) is 10.8. The van der Waals surface area contributed by atoms with Crippen molar-refractivity contribution in [1.29, 1.82) is 0 Å². The lowest BCUT2D eigenvalue weighted by Gasteiger charge is -2.32. The molecule has 2 aromatic carbocycles. The fourth-order valence-electron chi connectivity index (χ4n) is 3.17. The van der Waals surface area contributed by atoms with Crippen molar-refractivity contribution in [1.82, 2.24) is 9.97 Å². The van der Waals surface area contributed by atoms with Gasteiger partial charge in [-0.3, -0.25) is 5.32 Å². The summed E-state index contributed by atoms with van der Waals surface area (Å²) in [5.41, 5.74) is 2.88. The minimum absolute atomic E-state index is 0.0219. The van der Waals surface area contributed by atoms with E-state index in [2.05, 4.69) is 20.6 Å². The number of carbonyl (C=O) groups excluding carboxylic acids is 1. The van der Waals surface area contributed by atoms with Crippen LogP contribution in [0.5, 0.6) is 0 Å². The molecular weight excluding hydrogens is 406 g/mol. The highest BCUT2D eigenvalue weighted by Crippen LogP contribution is 2.37. The number of ether oxygens (including phenoxy) is 1. The Balaban J connectivity index is 1.62. The average Bonchev–Trinajstić information content (AvgIpc) is 2.67. The van der Waals surface area contributed by atoms with Gasteiger partial charge in [-0.1, -0.05) is 6.07 Å². The number of nitrogens with one attached hydrogen (secondary N) is 2. The van der Waals surface area contributed by atoms with Crippen LogP contribution >= 0.6 is 0 Å². The fraction of sp³-hybridized carbons (Fsp3) is 0.150. The Labute approximate surface area is 173 Å². The zero-order valence-electron chi connectivity index (χ0n) is 16.2. The highest BCUT2D eigenvalue weighted by atomic mass is 32.2. The lowest BCUT2D eigenvalue weighted by molar-refractivity contribution is 0.0421. The number of hydrogen-bond donors (Lipinski definition) is 3. The van der Waals surface area contributed by atoms with Crippen molar-refractivity contribution in [3.05, 3.63) is 60.3 Å². The van der Waals surface area contributed by atoms with Gasteiger partial charge < -0.3 is 10.1 Å². The van der Waals surface area contributed by atoms with E-state index >= 15 is 0 Å². The van der Waals surface area contributed by atoms with Gasteiger partial charge in [-0.25, -0.2) is 28.3 Å². The molecule has 154 valence electrons. The van der Waals surface area contributed by atoms with Gasteiger partial charge in [0.2, 0.25) is 16.0 Å². The van der Waals surface area contributed by atoms with Crippen LogP contribution in [0.3, 0.4) is 0 Å². The molecule has 3 aromatic rings. The Morgan fingerprint density at radius 1 is 1.10 bits per heavy atom. The molecule has 0 aliphatic carbocycles. The molecule has 30 heavy (non-hydrogen) atoms. The number of nitrogens with zero attached hydrogens (tertiary/aromatic N) is 2. The molecular formula is C20H19N5O4S. The fourth-order valence-corrected chi connectivity index (χ4v) is 3.69. The van der Waals surface area contributed by atoms with Gasteiger partial charge in [0.25, 0.3) is 0 Å². The summed E-state index contributed by atoms with van der Waals surface area (Å²) >= 11 is 0. The molecule has 1 aromatic heterocycles. The molecule has 9 nitrogen and oxygen atoms in total. The number of amides is 1. The molecule has 0 spiro atoms. The number of aromatic nitrogens is 2. The van der Waals surface area contributed by atoms with Crippen molar-refractivity contribution < 1.29 is 17.9 Å². The summed E-state index contributed by atoms with van der Waals surface area (Å²) in [6, 6.07) is 13.3. The second-order valence-corrected chi connectivity index (χ2v) is 8.81. The maximum absolute atomic E-state index is 11.7. The van der Waals surface area contributed by atoms with Crippen LogP contribution in [0, 0.1) is 0 Å². The molecule has 0 saturated heterocycles. The Morgan fingerprint density at radius 3 is 2.53 bits per heavy atom. The van der Waals surface area contributed by atoms with Gasteiger partial charge in [0.05, 0.1) is 16.3 Å². The van der Waals surface area contributed by atoms with Crippen LogP contribution in [0.15, 0.2) is 59.6 Å². The number of anilines is 3. The molecule has 0 unspecified atom stereocenters. The van der Waals surface area contributed by atoms with Crippen molar-refractivity contribution in [2.45, 2.75) is 24.3 Å². The first-order valence-electron chi connectivity index (χ1n) is 9.00. The number of fused-ring (bicyclic) bond motifs is 1. The first-order valence-corrected chi connectivity index (χ1v) is 10.5. The lowest BCUT2D eigenvalue weighted by Crippen LogP contribution is -2.34. The predicted octanol–water partition coefficient (Wildman–Crippen LogP) is 3.33. The maximum Gasteiger partial charge on any atom is 0.412 e. The molecule has 1 amide bonds. The number of nitrogens with two attached hydrogens (primary N) is 1. The molecule has 0 bridgehead atoms. The van der Waals surface area contributed by atoms with E-state index in [4.69, 9.17) is 9.88 Å². The number of primary sulfonamides is 1. The van der Waals surface area contributed by atoms with Crippen LogP contribution in [0.4, 0.5) is 22.1 Å². The zero-order valence-corrected chi connectivity index (χ0v) is 17.0. The van der Waals surface area contributed by atoms with Gasteiger partial charge in [0.1, 0.15) is 5.60 Å². The van der Waals surface area contributed by atoms with Crippen LogP contribution in [-0.4, -0.2) is 24.5 Å². The Bertz CT molecular complexity index is 1240. The number of cyclic esters (lactones) is 1. The number of rotatable bonds is 4. The van der Waals surface area contributed by atoms with Crippen LogP contribution in [-0.2, 0) is 20.4 Å². The maximum atomic E-state index is 11.7. The summed E-state index contributed by atoms with van der Waals surface area (Å²) in [4.78, 5) is 20.4. The van der Waals surface area contributed by atoms with Crippen LogP contribution < -0.4 is 15.8 Å². The lowest BCUT2D eigenvalue weighted by atomic mass is 9.92. The summed E-state index contributed by atoms with van der Waals surface area (Å²) in [7, 11) is -3.75. The Kier molecular flexibility index (Phi) is 4.67. The third kappa shape index (κ3) is 3.95. The van der Waals surface area contributed by atoms with E-state index in [1.54, 1.807) is 24.4 Å². The molecule has 0 radical (unpaired) electrons. The Morgan fingerprint density at radius 2 is 1.83 bits per heavy atom. The van der Waals surface area contributed by atoms with Crippen molar-refractivity contribution in [3.63, 3.8) is 0 Å². The van der Waals surface area contributed by atoms with Crippen molar-refractivity contribution in [2.24, 2.45) is 5.14 Å². The summed E-state index contributed by atoms with van der Waals surface area (Å²) < 4.78 is 28.1. The third-order valence-electron chi connectivity index (χ3n) is 4.64. The Hall–Kier alpha value is -3.50. The monoisotopic (exact) mass is 425 g/mol. The smallest absolute Gasteiger partial charge is 0.412 e. The second kappa shape index (κ2) is 7.08. The molecule has 4 N–H and O–H groups in total. The topological polar surface area (TPSA) is 136 Å². The molecule has 0 fully saturated rings. The molecule has 2 heterocycles. The van der Waals surface area contributed by atoms with Crippen LogP contribution in [0.1, 0.15) is 19.4 Å². The highest BCUT2D eigenvalue weighted by molar-refractivity contribution is 7.89. The summed E-state index contributed by atoms with van der Waals surface area (Å²) in [6.07, 6.45) is 1.13. The molecule has 4 rings (SSSR count). The third-order valence-corrected chi connectivity index (χ3v) is 5.57. The molecule has 10 heteroatoms. The second-order valence-electron chi connectivity index (χ2n) is 7.25. The highest BCUT2D eigenvalue weighted by Gasteiger charge is 2.33. The van der Waals surface area contributed by atoms with E-state index in [9.17, 15) is 13.2 Å². The number of benzene rings is 2. The van der Waals surface area contributed by atoms with Gasteiger partial charge in [0, 0.05) is 23.0 Å². The standard InChI is InChI=1S/C20H19N5O4S/c1-20(2)15-11-12(3-8-17(15)25-19(26)29-20)16-9-10-22-18(24-16)23-13-4-6-14(7-5-13)30(21,27)28/h3-11H,1-2H3,(H,25,26)(H2,21,27,28)(H,22,23,24). The van der Waals surface area contributed by atoms with Crippen LogP contribution in [0.25, 0.3) is 11.3 Å². The van der Waals surface area contributed by atoms with Crippen molar-refractivity contribution in [3.8, 4) is 11.3 Å². The van der Waals surface area contributed by atoms with E-state index in [1.807, 2.05) is 32.0 Å². The predicted molar refractivity (Wildman–Crippen MR) is 112 cm³/mol. The van der Waals surface area contributed by atoms with Gasteiger partial charge in [-0.05, 0) is 56.3 Å². The summed E-state index contributed by atoms with van der Waals surface area (Å²) in [5.74, 6) is 0.345. The minimum Gasteiger partial charge on any atom is -0.438 e. The average molecular weight is 425 g/mol. The van der Waals surface area contributed by atoms with E-state index in [0.717, 1.165) is 11.1 Å². The molecule has 0 atom stereocenters. The van der Waals surface area contributed by atoms with Crippen molar-refractivity contribution in [2.75, 3.05) is 10.6 Å². The van der Waals surface area contributed by atoms with E-state index in [-0.39, 0.29) is 4.90 Å². The zero-order chi connectivity index (χ0) is 21.5. The van der Waals surface area contributed by atoms with Crippen LogP contribution in [0.2, 0.25) is 0 Å². The summed E-state index contributed by atoms with van der Waals surface area (Å²) in [6.45, 7) is 3.65. The van der Waals surface area contributed by atoms with Gasteiger partial charge in [0.15, 0.2) is 0 Å². The minimum atomic E-state index is -3.75. The SMILES string of the molecule is CC1(C)OC(=O)Nc2ccc(-c3ccnc(Nc4ccc(S(N)(=O)=O)cc4)n3)cc21. The first kappa shape index (κ1) is 19.8.